The van der Waals surface area contributed by atoms with E-state index in [4.69, 9.17) is 11.6 Å². The van der Waals surface area contributed by atoms with E-state index in [1.807, 2.05) is 67.0 Å². The standard InChI is InChI=1S/C55H31N5/c1-57-53-49(35-18-7-3-8-19-35)43(31-56)54(59-45-26-14-13-24-40(45)42-30-37(28-29-46(42)59)34-16-5-2-6-17-34)50(36-20-9-4-10-21-36)55(53)60-47-27-15-25-41-38-22-11-12-23-39(38)44-32-58-33-48(60)52(44)51(41)47/h2-30,32-33H. The maximum atomic E-state index is 11.7. The molecule has 0 saturated heterocycles. The SMILES string of the molecule is [C-]#[N+]c1c(-c2ccccc2)c(C#N)c(-n2c3ccccc3c3cc(-c4ccccc4)ccc32)c(-c2ccccc2)c1-n1c2cccc3c4ccccc4c4cncc1c4c32. The Hall–Kier alpha value is -8.51. The van der Waals surface area contributed by atoms with Crippen molar-refractivity contribution in [3.8, 4) is 50.8 Å². The van der Waals surface area contributed by atoms with Crippen LogP contribution in [0.1, 0.15) is 5.56 Å². The molecule has 0 spiro atoms. The van der Waals surface area contributed by atoms with Gasteiger partial charge in [-0.3, -0.25) is 4.98 Å². The molecular formula is C55H31N5. The minimum absolute atomic E-state index is 0.402. The first-order valence-electron chi connectivity index (χ1n) is 20.0. The fraction of sp³-hybridized carbons (Fsp3) is 0. The average Bonchev–Trinajstić information content (AvgIpc) is 3.84. The molecule has 0 amide bonds. The van der Waals surface area contributed by atoms with Crippen LogP contribution in [0, 0.1) is 17.9 Å². The fourth-order valence-electron chi connectivity index (χ4n) is 9.78. The molecular weight excluding hydrogens is 731 g/mol. The molecule has 0 aliphatic carbocycles. The number of fused-ring (bicyclic) bond motifs is 6. The molecule has 0 atom stereocenters. The highest BCUT2D eigenvalue weighted by molar-refractivity contribution is 6.34. The summed E-state index contributed by atoms with van der Waals surface area (Å²) in [6.07, 6.45) is 3.90. The Bertz CT molecular complexity index is 3680. The number of benzene rings is 9. The number of nitriles is 1. The van der Waals surface area contributed by atoms with Crippen molar-refractivity contribution in [2.45, 2.75) is 0 Å². The number of rotatable bonds is 5. The van der Waals surface area contributed by atoms with Crippen molar-refractivity contribution in [3.63, 3.8) is 0 Å². The van der Waals surface area contributed by atoms with Crippen LogP contribution in [0.15, 0.2) is 188 Å². The minimum Gasteiger partial charge on any atom is -0.317 e. The van der Waals surface area contributed by atoms with Gasteiger partial charge in [0.25, 0.3) is 0 Å². The molecule has 0 aliphatic heterocycles. The van der Waals surface area contributed by atoms with Crippen molar-refractivity contribution >= 4 is 70.8 Å². The number of para-hydroxylation sites is 1. The number of hydrogen-bond acceptors (Lipinski definition) is 2. The molecule has 0 N–H and O–H groups in total. The molecule has 0 unspecified atom stereocenters. The van der Waals surface area contributed by atoms with Gasteiger partial charge in [-0.05, 0) is 62.7 Å². The molecule has 3 aromatic heterocycles. The lowest BCUT2D eigenvalue weighted by Crippen LogP contribution is -2.08. The zero-order valence-electron chi connectivity index (χ0n) is 32.1. The second-order valence-electron chi connectivity index (χ2n) is 15.2. The molecule has 5 nitrogen and oxygen atoms in total. The molecule has 60 heavy (non-hydrogen) atoms. The summed E-state index contributed by atoms with van der Waals surface area (Å²) in [5.74, 6) is 0. The molecule has 0 bridgehead atoms. The molecule has 0 fully saturated rings. The summed E-state index contributed by atoms with van der Waals surface area (Å²) in [4.78, 5) is 9.35. The molecule has 3 heterocycles. The molecule has 5 heteroatoms. The van der Waals surface area contributed by atoms with Crippen LogP contribution >= 0.6 is 0 Å². The van der Waals surface area contributed by atoms with E-state index >= 15 is 0 Å². The van der Waals surface area contributed by atoms with E-state index in [1.54, 1.807) is 0 Å². The molecule has 0 radical (unpaired) electrons. The van der Waals surface area contributed by atoms with E-state index in [0.717, 1.165) is 98.7 Å². The van der Waals surface area contributed by atoms with Crippen LogP contribution in [0.5, 0.6) is 0 Å². The van der Waals surface area contributed by atoms with Gasteiger partial charge < -0.3 is 9.13 Å². The van der Waals surface area contributed by atoms with Crippen molar-refractivity contribution in [2.75, 3.05) is 0 Å². The third-order valence-corrected chi connectivity index (χ3v) is 12.2. The number of nitrogens with zero attached hydrogens (tertiary/aromatic N) is 5. The second kappa shape index (κ2) is 13.0. The van der Waals surface area contributed by atoms with Crippen LogP contribution in [0.25, 0.3) is 115 Å². The van der Waals surface area contributed by atoms with Crippen molar-refractivity contribution in [3.05, 3.63) is 205 Å². The topological polar surface area (TPSA) is 50.9 Å². The van der Waals surface area contributed by atoms with E-state index in [0.29, 0.717) is 22.5 Å². The van der Waals surface area contributed by atoms with E-state index < -0.39 is 0 Å². The van der Waals surface area contributed by atoms with Gasteiger partial charge in [0.05, 0.1) is 51.8 Å². The zero-order chi connectivity index (χ0) is 39.9. The van der Waals surface area contributed by atoms with Gasteiger partial charge >= 0.3 is 0 Å². The summed E-state index contributed by atoms with van der Waals surface area (Å²) in [7, 11) is 0. The Morgan fingerprint density at radius 1 is 0.433 bits per heavy atom. The Balaban J connectivity index is 1.34. The Morgan fingerprint density at radius 2 is 0.983 bits per heavy atom. The predicted octanol–water partition coefficient (Wildman–Crippen LogP) is 14.4. The molecule has 0 aliphatic rings. The largest absolute Gasteiger partial charge is 0.317 e. The van der Waals surface area contributed by atoms with Crippen molar-refractivity contribution in [1.29, 1.82) is 5.26 Å². The minimum atomic E-state index is 0.402. The van der Waals surface area contributed by atoms with Gasteiger partial charge in [0.2, 0.25) is 5.69 Å². The number of hydrogen-bond donors (Lipinski definition) is 0. The van der Waals surface area contributed by atoms with Crippen LogP contribution in [-0.2, 0) is 0 Å². The summed E-state index contributed by atoms with van der Waals surface area (Å²) in [6, 6.07) is 63.4. The Labute approximate surface area is 345 Å². The van der Waals surface area contributed by atoms with E-state index in [-0.39, 0.29) is 0 Å². The molecule has 12 rings (SSSR count). The zero-order valence-corrected chi connectivity index (χ0v) is 32.1. The summed E-state index contributed by atoms with van der Waals surface area (Å²) < 4.78 is 4.52. The Morgan fingerprint density at radius 3 is 1.68 bits per heavy atom. The van der Waals surface area contributed by atoms with Gasteiger partial charge in [0.1, 0.15) is 6.07 Å². The second-order valence-corrected chi connectivity index (χ2v) is 15.2. The van der Waals surface area contributed by atoms with Crippen LogP contribution in [0.4, 0.5) is 5.69 Å². The van der Waals surface area contributed by atoms with Crippen molar-refractivity contribution < 1.29 is 0 Å². The fourth-order valence-corrected chi connectivity index (χ4v) is 9.78. The highest BCUT2D eigenvalue weighted by Crippen LogP contribution is 2.53. The van der Waals surface area contributed by atoms with Crippen molar-refractivity contribution in [1.82, 2.24) is 14.1 Å². The highest BCUT2D eigenvalue weighted by Gasteiger charge is 2.32. The van der Waals surface area contributed by atoms with Gasteiger partial charge in [-0.2, -0.15) is 5.26 Å². The maximum absolute atomic E-state index is 11.7. The molecule has 12 aromatic rings. The Kier molecular flexibility index (Phi) is 7.29. The molecule has 0 saturated carbocycles. The molecule has 276 valence electrons. The van der Waals surface area contributed by atoms with Crippen LogP contribution < -0.4 is 0 Å². The molecule has 9 aromatic carbocycles. The summed E-state index contributed by atoms with van der Waals surface area (Å²) in [5, 5.41) is 20.5. The first-order valence-corrected chi connectivity index (χ1v) is 20.0. The van der Waals surface area contributed by atoms with E-state index in [9.17, 15) is 5.26 Å². The monoisotopic (exact) mass is 761 g/mol. The smallest absolute Gasteiger partial charge is 0.220 e. The van der Waals surface area contributed by atoms with E-state index in [2.05, 4.69) is 141 Å². The predicted molar refractivity (Wildman–Crippen MR) is 246 cm³/mol. The van der Waals surface area contributed by atoms with Gasteiger partial charge in [0.15, 0.2) is 0 Å². The van der Waals surface area contributed by atoms with Crippen LogP contribution in [-0.4, -0.2) is 14.1 Å². The average molecular weight is 762 g/mol. The lowest BCUT2D eigenvalue weighted by molar-refractivity contribution is 1.13. The van der Waals surface area contributed by atoms with Crippen molar-refractivity contribution in [2.24, 2.45) is 0 Å². The van der Waals surface area contributed by atoms with Gasteiger partial charge in [-0.15, -0.1) is 0 Å². The van der Waals surface area contributed by atoms with Crippen LogP contribution in [0.3, 0.4) is 0 Å². The summed E-state index contributed by atoms with van der Waals surface area (Å²) in [6.45, 7) is 9.12. The lowest BCUT2D eigenvalue weighted by Gasteiger charge is -2.25. The quantitative estimate of drug-likeness (QED) is 0.130. The van der Waals surface area contributed by atoms with Gasteiger partial charge in [0, 0.05) is 44.3 Å². The first-order chi connectivity index (χ1) is 29.7. The number of pyridine rings is 1. The highest BCUT2D eigenvalue weighted by atomic mass is 15.0. The normalized spacial score (nSPS) is 11.6. The van der Waals surface area contributed by atoms with E-state index in [1.165, 1.54) is 0 Å². The third kappa shape index (κ3) is 4.63. The van der Waals surface area contributed by atoms with Crippen LogP contribution in [0.2, 0.25) is 0 Å². The van der Waals surface area contributed by atoms with Gasteiger partial charge in [-0.25, -0.2) is 4.85 Å². The number of aromatic nitrogens is 3. The lowest BCUT2D eigenvalue weighted by atomic mass is 9.88. The van der Waals surface area contributed by atoms with Gasteiger partial charge in [-0.1, -0.05) is 152 Å². The summed E-state index contributed by atoms with van der Waals surface area (Å²) >= 11 is 0. The third-order valence-electron chi connectivity index (χ3n) is 12.2. The maximum Gasteiger partial charge on any atom is 0.220 e. The first kappa shape index (κ1) is 33.6. The summed E-state index contributed by atoms with van der Waals surface area (Å²) in [5.41, 5.74) is 11.4.